The van der Waals surface area contributed by atoms with E-state index in [0.29, 0.717) is 5.75 Å². The molecule has 2 aromatic carbocycles. The highest BCUT2D eigenvalue weighted by molar-refractivity contribution is 5.64. The SMILES string of the molecule is COc1ccc(-c2ccc(ON)cc2)cc1. The average Bonchev–Trinajstić information content (AvgIpc) is 2.39. The van der Waals surface area contributed by atoms with Gasteiger partial charge in [0.25, 0.3) is 0 Å². The fraction of sp³-hybridized carbons (Fsp3) is 0.0769. The lowest BCUT2D eigenvalue weighted by atomic mass is 10.1. The Kier molecular flexibility index (Phi) is 3.08. The molecule has 2 N–H and O–H groups in total. The van der Waals surface area contributed by atoms with Crippen molar-refractivity contribution in [3.05, 3.63) is 48.5 Å². The van der Waals surface area contributed by atoms with E-state index in [1.54, 1.807) is 7.11 Å². The number of nitrogens with two attached hydrogens (primary N) is 1. The highest BCUT2D eigenvalue weighted by Crippen LogP contribution is 2.24. The van der Waals surface area contributed by atoms with Crippen LogP contribution in [0.5, 0.6) is 11.5 Å². The summed E-state index contributed by atoms with van der Waals surface area (Å²) >= 11 is 0. The standard InChI is InChI=1S/C13H13NO2/c1-15-12-6-2-10(3-7-12)11-4-8-13(16-14)9-5-11/h2-9H,14H2,1H3. The van der Waals surface area contributed by atoms with Gasteiger partial charge in [-0.25, -0.2) is 0 Å². The van der Waals surface area contributed by atoms with Crippen LogP contribution in [0.15, 0.2) is 48.5 Å². The fourth-order valence-electron chi connectivity index (χ4n) is 1.51. The number of rotatable bonds is 3. The van der Waals surface area contributed by atoms with E-state index in [1.165, 1.54) is 0 Å². The summed E-state index contributed by atoms with van der Waals surface area (Å²) in [6, 6.07) is 15.5. The van der Waals surface area contributed by atoms with Crippen molar-refractivity contribution in [2.75, 3.05) is 7.11 Å². The van der Waals surface area contributed by atoms with Gasteiger partial charge in [-0.15, -0.1) is 0 Å². The first kappa shape index (κ1) is 10.5. The molecule has 0 fully saturated rings. The van der Waals surface area contributed by atoms with Crippen LogP contribution >= 0.6 is 0 Å². The molecule has 2 rings (SSSR count). The molecule has 0 bridgehead atoms. The van der Waals surface area contributed by atoms with Crippen LogP contribution in [0.4, 0.5) is 0 Å². The first-order chi connectivity index (χ1) is 7.83. The third-order valence-electron chi connectivity index (χ3n) is 2.41. The zero-order valence-electron chi connectivity index (χ0n) is 9.01. The average molecular weight is 215 g/mol. The highest BCUT2D eigenvalue weighted by Gasteiger charge is 1.98. The van der Waals surface area contributed by atoms with Gasteiger partial charge in [0.05, 0.1) is 7.11 Å². The monoisotopic (exact) mass is 215 g/mol. The second kappa shape index (κ2) is 4.68. The van der Waals surface area contributed by atoms with E-state index in [2.05, 4.69) is 4.84 Å². The highest BCUT2D eigenvalue weighted by atomic mass is 16.6. The summed E-state index contributed by atoms with van der Waals surface area (Å²) in [6.45, 7) is 0. The molecule has 0 saturated carbocycles. The molecule has 0 radical (unpaired) electrons. The lowest BCUT2D eigenvalue weighted by Gasteiger charge is -2.04. The maximum atomic E-state index is 5.11. The van der Waals surface area contributed by atoms with Gasteiger partial charge in [0, 0.05) is 0 Å². The van der Waals surface area contributed by atoms with Crippen molar-refractivity contribution in [1.82, 2.24) is 0 Å². The normalized spacial score (nSPS) is 9.88. The zero-order chi connectivity index (χ0) is 11.4. The Labute approximate surface area is 94.4 Å². The van der Waals surface area contributed by atoms with Gasteiger partial charge in [-0.3, -0.25) is 0 Å². The molecule has 0 atom stereocenters. The Morgan fingerprint density at radius 2 is 1.19 bits per heavy atom. The number of benzene rings is 2. The molecule has 16 heavy (non-hydrogen) atoms. The molecule has 0 spiro atoms. The van der Waals surface area contributed by atoms with Gasteiger partial charge in [0.1, 0.15) is 11.5 Å². The lowest BCUT2D eigenvalue weighted by Crippen LogP contribution is -2.00. The van der Waals surface area contributed by atoms with E-state index in [0.717, 1.165) is 16.9 Å². The largest absolute Gasteiger partial charge is 0.497 e. The maximum absolute atomic E-state index is 5.11. The van der Waals surface area contributed by atoms with Crippen LogP contribution in [0.3, 0.4) is 0 Å². The molecular weight excluding hydrogens is 202 g/mol. The predicted octanol–water partition coefficient (Wildman–Crippen LogP) is 2.61. The molecule has 0 saturated heterocycles. The van der Waals surface area contributed by atoms with Crippen molar-refractivity contribution in [1.29, 1.82) is 0 Å². The zero-order valence-corrected chi connectivity index (χ0v) is 9.01. The molecule has 82 valence electrons. The first-order valence-electron chi connectivity index (χ1n) is 4.94. The Morgan fingerprint density at radius 1 is 0.750 bits per heavy atom. The van der Waals surface area contributed by atoms with Crippen molar-refractivity contribution < 1.29 is 9.57 Å². The molecule has 0 unspecified atom stereocenters. The lowest BCUT2D eigenvalue weighted by molar-refractivity contribution is 0.334. The van der Waals surface area contributed by atoms with E-state index >= 15 is 0 Å². The Balaban J connectivity index is 2.28. The summed E-state index contributed by atoms with van der Waals surface area (Å²) in [6.07, 6.45) is 0. The Bertz CT molecular complexity index is 403. The fourth-order valence-corrected chi connectivity index (χ4v) is 1.51. The smallest absolute Gasteiger partial charge is 0.146 e. The summed E-state index contributed by atoms with van der Waals surface area (Å²) < 4.78 is 5.11. The minimum absolute atomic E-state index is 0.650. The van der Waals surface area contributed by atoms with E-state index < -0.39 is 0 Å². The number of methoxy groups -OCH3 is 1. The van der Waals surface area contributed by atoms with Gasteiger partial charge < -0.3 is 9.57 Å². The summed E-state index contributed by atoms with van der Waals surface area (Å²) in [7, 11) is 1.66. The second-order valence-electron chi connectivity index (χ2n) is 3.37. The summed E-state index contributed by atoms with van der Waals surface area (Å²) in [4.78, 5) is 4.62. The predicted molar refractivity (Wildman–Crippen MR) is 63.2 cm³/mol. The van der Waals surface area contributed by atoms with Gasteiger partial charge in [-0.1, -0.05) is 24.3 Å². The number of hydrogen-bond acceptors (Lipinski definition) is 3. The van der Waals surface area contributed by atoms with Crippen molar-refractivity contribution in [3.8, 4) is 22.6 Å². The van der Waals surface area contributed by atoms with Crippen LogP contribution in [0.25, 0.3) is 11.1 Å². The van der Waals surface area contributed by atoms with Crippen LogP contribution in [0, 0.1) is 0 Å². The van der Waals surface area contributed by atoms with Crippen LogP contribution < -0.4 is 15.5 Å². The second-order valence-corrected chi connectivity index (χ2v) is 3.37. The molecule has 0 aliphatic heterocycles. The molecule has 0 aliphatic rings. The third-order valence-corrected chi connectivity index (χ3v) is 2.41. The van der Waals surface area contributed by atoms with Crippen LogP contribution in [-0.2, 0) is 0 Å². The molecule has 0 heterocycles. The Hall–Kier alpha value is -2.00. The van der Waals surface area contributed by atoms with Gasteiger partial charge in [0.2, 0.25) is 0 Å². The van der Waals surface area contributed by atoms with E-state index in [1.807, 2.05) is 48.5 Å². The minimum atomic E-state index is 0.650. The van der Waals surface area contributed by atoms with Gasteiger partial charge in [0.15, 0.2) is 0 Å². The van der Waals surface area contributed by atoms with Gasteiger partial charge in [-0.05, 0) is 35.4 Å². The third kappa shape index (κ3) is 2.15. The Morgan fingerprint density at radius 3 is 1.56 bits per heavy atom. The van der Waals surface area contributed by atoms with Crippen molar-refractivity contribution >= 4 is 0 Å². The van der Waals surface area contributed by atoms with Gasteiger partial charge in [-0.2, -0.15) is 5.90 Å². The van der Waals surface area contributed by atoms with Crippen LogP contribution in [0.1, 0.15) is 0 Å². The molecule has 0 aliphatic carbocycles. The van der Waals surface area contributed by atoms with Crippen molar-refractivity contribution in [2.24, 2.45) is 5.90 Å². The van der Waals surface area contributed by atoms with Gasteiger partial charge >= 0.3 is 0 Å². The van der Waals surface area contributed by atoms with Crippen molar-refractivity contribution in [3.63, 3.8) is 0 Å². The molecule has 0 aromatic heterocycles. The van der Waals surface area contributed by atoms with Crippen LogP contribution in [-0.4, -0.2) is 7.11 Å². The van der Waals surface area contributed by atoms with E-state index in [-0.39, 0.29) is 0 Å². The quantitative estimate of drug-likeness (QED) is 0.800. The van der Waals surface area contributed by atoms with Crippen molar-refractivity contribution in [2.45, 2.75) is 0 Å². The number of hydrogen-bond donors (Lipinski definition) is 1. The molecule has 0 amide bonds. The number of ether oxygens (including phenoxy) is 1. The maximum Gasteiger partial charge on any atom is 0.146 e. The molecule has 2 aromatic rings. The van der Waals surface area contributed by atoms with E-state index in [4.69, 9.17) is 10.6 Å². The summed E-state index contributed by atoms with van der Waals surface area (Å²) in [5.74, 6) is 6.56. The van der Waals surface area contributed by atoms with Crippen LogP contribution in [0.2, 0.25) is 0 Å². The first-order valence-corrected chi connectivity index (χ1v) is 4.94. The molecular formula is C13H13NO2. The molecule has 3 heteroatoms. The minimum Gasteiger partial charge on any atom is -0.497 e. The topological polar surface area (TPSA) is 44.5 Å². The summed E-state index contributed by atoms with van der Waals surface area (Å²) in [5.41, 5.74) is 2.24. The summed E-state index contributed by atoms with van der Waals surface area (Å²) in [5, 5.41) is 0. The molecule has 3 nitrogen and oxygen atoms in total. The van der Waals surface area contributed by atoms with E-state index in [9.17, 15) is 0 Å².